The minimum atomic E-state index is 0.0137. The molecule has 2 aromatic carbocycles. The average Bonchev–Trinajstić information content (AvgIpc) is 3.44. The summed E-state index contributed by atoms with van der Waals surface area (Å²) in [7, 11) is 1.71. The molecule has 1 aliphatic heterocycles. The van der Waals surface area contributed by atoms with Gasteiger partial charge >= 0.3 is 0 Å². The second-order valence-corrected chi connectivity index (χ2v) is 9.47. The molecule has 0 unspecified atom stereocenters. The van der Waals surface area contributed by atoms with Crippen LogP contribution in [0.4, 0.5) is 0 Å². The molecule has 0 radical (unpaired) electrons. The van der Waals surface area contributed by atoms with E-state index in [0.717, 1.165) is 47.9 Å². The quantitative estimate of drug-likeness (QED) is 0.472. The molecule has 6 heteroatoms. The van der Waals surface area contributed by atoms with Gasteiger partial charge in [0.2, 0.25) is 0 Å². The Morgan fingerprint density at radius 1 is 1.12 bits per heavy atom. The smallest absolute Gasteiger partial charge is 0.261 e. The van der Waals surface area contributed by atoms with Gasteiger partial charge in [0.15, 0.2) is 5.82 Å². The molecule has 0 aliphatic carbocycles. The van der Waals surface area contributed by atoms with Crippen molar-refractivity contribution >= 4 is 27.3 Å². The number of aryl methyl sites for hydroxylation is 1. The number of fused-ring (bicyclic) bond motifs is 1. The number of nitrogens with one attached hydrogen (secondary N) is 1. The van der Waals surface area contributed by atoms with Crippen molar-refractivity contribution in [2.45, 2.75) is 25.8 Å². The number of likely N-dealkylation sites (tertiary alicyclic amines) is 1. The van der Waals surface area contributed by atoms with Crippen LogP contribution in [0.3, 0.4) is 0 Å². The van der Waals surface area contributed by atoms with E-state index in [1.165, 1.54) is 21.2 Å². The van der Waals surface area contributed by atoms with E-state index in [9.17, 15) is 4.79 Å². The summed E-state index contributed by atoms with van der Waals surface area (Å²) in [5, 5.41) is 4.04. The largest absolute Gasteiger partial charge is 0.354 e. The number of aromatic nitrogens is 2. The molecule has 0 bridgehead atoms. The number of hydrogen-bond acceptors (Lipinski definition) is 5. The van der Waals surface area contributed by atoms with Crippen molar-refractivity contribution in [2.24, 2.45) is 0 Å². The first-order chi connectivity index (χ1) is 15.6. The summed E-state index contributed by atoms with van der Waals surface area (Å²) in [6.07, 6.45) is 4.92. The van der Waals surface area contributed by atoms with Gasteiger partial charge in [0.1, 0.15) is 0 Å². The normalized spacial score (nSPS) is 16.5. The lowest BCUT2D eigenvalue weighted by Gasteiger charge is -2.16. The first kappa shape index (κ1) is 20.8. The van der Waals surface area contributed by atoms with Crippen molar-refractivity contribution in [1.82, 2.24) is 20.2 Å². The van der Waals surface area contributed by atoms with Crippen molar-refractivity contribution in [3.05, 3.63) is 82.5 Å². The maximum Gasteiger partial charge on any atom is 0.261 e. The molecule has 5 rings (SSSR count). The summed E-state index contributed by atoms with van der Waals surface area (Å²) in [5.41, 5.74) is 4.59. The van der Waals surface area contributed by atoms with Crippen LogP contribution in [-0.4, -0.2) is 40.9 Å². The van der Waals surface area contributed by atoms with E-state index in [1.54, 1.807) is 18.4 Å². The van der Waals surface area contributed by atoms with Gasteiger partial charge in [0.25, 0.3) is 5.91 Å². The maximum absolute atomic E-state index is 12.6. The molecular formula is C26H26N4OS. The van der Waals surface area contributed by atoms with Gasteiger partial charge in [-0.15, -0.1) is 11.3 Å². The van der Waals surface area contributed by atoms with Crippen molar-refractivity contribution < 1.29 is 4.79 Å². The molecule has 1 atom stereocenters. The molecule has 1 N–H and O–H groups in total. The molecule has 1 aliphatic rings. The Morgan fingerprint density at radius 2 is 1.88 bits per heavy atom. The van der Waals surface area contributed by atoms with E-state index in [1.807, 2.05) is 18.5 Å². The van der Waals surface area contributed by atoms with Crippen LogP contribution in [0.5, 0.6) is 0 Å². The van der Waals surface area contributed by atoms with Crippen LogP contribution >= 0.6 is 11.3 Å². The van der Waals surface area contributed by atoms with Gasteiger partial charge in [-0.05, 0) is 36.9 Å². The number of thiophene rings is 1. The predicted octanol–water partition coefficient (Wildman–Crippen LogP) is 5.02. The predicted molar refractivity (Wildman–Crippen MR) is 130 cm³/mol. The first-order valence-corrected chi connectivity index (χ1v) is 11.8. The second kappa shape index (κ2) is 8.81. The van der Waals surface area contributed by atoms with Crippen molar-refractivity contribution in [2.75, 3.05) is 20.1 Å². The van der Waals surface area contributed by atoms with Gasteiger partial charge in [-0.1, -0.05) is 48.0 Å². The number of carbonyl (C=O) groups is 1. The summed E-state index contributed by atoms with van der Waals surface area (Å²) in [5.74, 6) is 1.12. The molecule has 0 spiro atoms. The van der Waals surface area contributed by atoms with Crippen LogP contribution in [-0.2, 0) is 6.54 Å². The van der Waals surface area contributed by atoms with Gasteiger partial charge in [-0.3, -0.25) is 9.69 Å². The highest BCUT2D eigenvalue weighted by Crippen LogP contribution is 2.40. The molecule has 5 nitrogen and oxygen atoms in total. The van der Waals surface area contributed by atoms with E-state index in [-0.39, 0.29) is 5.91 Å². The van der Waals surface area contributed by atoms with Gasteiger partial charge < -0.3 is 5.32 Å². The number of amides is 1. The Balaban J connectivity index is 1.32. The summed E-state index contributed by atoms with van der Waals surface area (Å²) in [6, 6.07) is 16.6. The molecule has 0 saturated carbocycles. The fourth-order valence-corrected chi connectivity index (χ4v) is 5.75. The SMILES string of the molecule is CNC(=O)c1sc2ccccc2c1[C@@H]1CCN(Cc2cnc(-c3ccc(C)cc3)nc2)C1. The number of benzene rings is 2. The van der Waals surface area contributed by atoms with Gasteiger partial charge in [0, 0.05) is 54.3 Å². The third-order valence-corrected chi connectivity index (χ3v) is 7.35. The van der Waals surface area contributed by atoms with E-state index in [0.29, 0.717) is 5.92 Å². The molecule has 1 amide bonds. The fraction of sp³-hybridized carbons (Fsp3) is 0.269. The highest BCUT2D eigenvalue weighted by Gasteiger charge is 2.30. The average molecular weight is 443 g/mol. The van der Waals surface area contributed by atoms with Gasteiger partial charge in [0.05, 0.1) is 4.88 Å². The number of nitrogens with zero attached hydrogens (tertiary/aromatic N) is 3. The minimum Gasteiger partial charge on any atom is -0.354 e. The molecular weight excluding hydrogens is 416 g/mol. The molecule has 4 aromatic rings. The van der Waals surface area contributed by atoms with Crippen molar-refractivity contribution in [1.29, 1.82) is 0 Å². The van der Waals surface area contributed by atoms with Crippen LogP contribution in [0.2, 0.25) is 0 Å². The third-order valence-electron chi connectivity index (χ3n) is 6.17. The topological polar surface area (TPSA) is 58.1 Å². The van der Waals surface area contributed by atoms with Gasteiger partial charge in [-0.2, -0.15) is 0 Å². The van der Waals surface area contributed by atoms with E-state index in [4.69, 9.17) is 0 Å². The number of carbonyl (C=O) groups excluding carboxylic acids is 1. The third kappa shape index (κ3) is 4.04. The zero-order valence-electron chi connectivity index (χ0n) is 18.3. The van der Waals surface area contributed by atoms with Crippen molar-refractivity contribution in [3.8, 4) is 11.4 Å². The van der Waals surface area contributed by atoms with Crippen LogP contribution in [0, 0.1) is 6.92 Å². The Labute approximate surface area is 192 Å². The summed E-state index contributed by atoms with van der Waals surface area (Å²) in [4.78, 5) is 25.0. The Hall–Kier alpha value is -3.09. The summed E-state index contributed by atoms with van der Waals surface area (Å²) >= 11 is 1.60. The van der Waals surface area contributed by atoms with E-state index >= 15 is 0 Å². The zero-order chi connectivity index (χ0) is 22.1. The molecule has 32 heavy (non-hydrogen) atoms. The lowest BCUT2D eigenvalue weighted by Crippen LogP contribution is -2.21. The molecule has 3 heterocycles. The van der Waals surface area contributed by atoms with Crippen LogP contribution in [0.15, 0.2) is 60.9 Å². The number of rotatable bonds is 5. The minimum absolute atomic E-state index is 0.0137. The molecule has 1 saturated heterocycles. The molecule has 2 aromatic heterocycles. The zero-order valence-corrected chi connectivity index (χ0v) is 19.2. The number of hydrogen-bond donors (Lipinski definition) is 1. The Morgan fingerprint density at radius 3 is 2.62 bits per heavy atom. The van der Waals surface area contributed by atoms with Gasteiger partial charge in [-0.25, -0.2) is 9.97 Å². The second-order valence-electron chi connectivity index (χ2n) is 8.42. The Kier molecular flexibility index (Phi) is 5.72. The molecule has 1 fully saturated rings. The van der Waals surface area contributed by atoms with E-state index < -0.39 is 0 Å². The van der Waals surface area contributed by atoms with Crippen LogP contribution < -0.4 is 5.32 Å². The maximum atomic E-state index is 12.6. The highest BCUT2D eigenvalue weighted by atomic mass is 32.1. The monoisotopic (exact) mass is 442 g/mol. The molecule has 162 valence electrons. The lowest BCUT2D eigenvalue weighted by molar-refractivity contribution is 0.0966. The fourth-order valence-electron chi connectivity index (χ4n) is 4.51. The summed E-state index contributed by atoms with van der Waals surface area (Å²) in [6.45, 7) is 4.84. The Bertz CT molecular complexity index is 1250. The van der Waals surface area contributed by atoms with Crippen LogP contribution in [0.25, 0.3) is 21.5 Å². The highest BCUT2D eigenvalue weighted by molar-refractivity contribution is 7.21. The first-order valence-electron chi connectivity index (χ1n) is 11.0. The van der Waals surface area contributed by atoms with Crippen LogP contribution in [0.1, 0.15) is 38.7 Å². The standard InChI is InChI=1S/C26H26N4OS/c1-17-7-9-19(10-8-17)25-28-13-18(14-29-25)15-30-12-11-20(16-30)23-21-5-3-4-6-22(21)32-24(23)26(31)27-2/h3-10,13-14,20H,11-12,15-16H2,1-2H3,(H,27,31)/t20-/m1/s1. The lowest BCUT2D eigenvalue weighted by atomic mass is 9.95. The summed E-state index contributed by atoms with van der Waals surface area (Å²) < 4.78 is 1.18. The van der Waals surface area contributed by atoms with E-state index in [2.05, 4.69) is 69.6 Å². The van der Waals surface area contributed by atoms with Crippen molar-refractivity contribution in [3.63, 3.8) is 0 Å².